The highest BCUT2D eigenvalue weighted by molar-refractivity contribution is 5.54. The summed E-state index contributed by atoms with van der Waals surface area (Å²) in [5.41, 5.74) is 3.10. The van der Waals surface area contributed by atoms with E-state index < -0.39 is 0 Å². The van der Waals surface area contributed by atoms with Crippen LogP contribution >= 0.6 is 0 Å². The molecule has 26 heavy (non-hydrogen) atoms. The SMILES string of the molecule is COc1ccc(-c2nc(CN3CCNCC3c3cccnc3)co2)cc1. The van der Waals surface area contributed by atoms with Crippen molar-refractivity contribution in [2.75, 3.05) is 26.7 Å². The number of methoxy groups -OCH3 is 1. The molecule has 1 aliphatic rings. The molecular formula is C20H22N4O2. The Bertz CT molecular complexity index is 833. The maximum atomic E-state index is 5.70. The van der Waals surface area contributed by atoms with Crippen LogP contribution in [0.1, 0.15) is 17.3 Å². The van der Waals surface area contributed by atoms with Crippen molar-refractivity contribution < 1.29 is 9.15 Å². The zero-order chi connectivity index (χ0) is 17.8. The third-order valence-electron chi connectivity index (χ3n) is 4.68. The van der Waals surface area contributed by atoms with Crippen molar-refractivity contribution in [3.63, 3.8) is 0 Å². The molecule has 0 radical (unpaired) electrons. The summed E-state index contributed by atoms with van der Waals surface area (Å²) in [5, 5.41) is 3.47. The number of hydrogen-bond donors (Lipinski definition) is 1. The lowest BCUT2D eigenvalue weighted by atomic mass is 10.1. The third-order valence-corrected chi connectivity index (χ3v) is 4.68. The van der Waals surface area contributed by atoms with Crippen LogP contribution in [0.15, 0.2) is 59.5 Å². The second-order valence-corrected chi connectivity index (χ2v) is 6.35. The molecule has 3 aromatic rings. The summed E-state index contributed by atoms with van der Waals surface area (Å²) in [6.45, 7) is 3.60. The summed E-state index contributed by atoms with van der Waals surface area (Å²) in [4.78, 5) is 11.4. The molecule has 2 aromatic heterocycles. The van der Waals surface area contributed by atoms with Crippen molar-refractivity contribution in [1.29, 1.82) is 0 Å². The highest BCUT2D eigenvalue weighted by Gasteiger charge is 2.25. The Labute approximate surface area is 152 Å². The number of piperazine rings is 1. The minimum atomic E-state index is 0.290. The zero-order valence-corrected chi connectivity index (χ0v) is 14.8. The first-order chi connectivity index (χ1) is 12.8. The summed E-state index contributed by atoms with van der Waals surface area (Å²) < 4.78 is 10.9. The number of ether oxygens (including phenoxy) is 1. The maximum Gasteiger partial charge on any atom is 0.226 e. The third kappa shape index (κ3) is 3.61. The first-order valence-corrected chi connectivity index (χ1v) is 8.77. The van der Waals surface area contributed by atoms with Crippen LogP contribution in [0, 0.1) is 0 Å². The van der Waals surface area contributed by atoms with Crippen molar-refractivity contribution in [3.8, 4) is 17.2 Å². The van der Waals surface area contributed by atoms with Gasteiger partial charge in [-0.15, -0.1) is 0 Å². The van der Waals surface area contributed by atoms with Gasteiger partial charge in [0.2, 0.25) is 5.89 Å². The van der Waals surface area contributed by atoms with Gasteiger partial charge in [-0.05, 0) is 35.9 Å². The number of pyridine rings is 1. The largest absolute Gasteiger partial charge is 0.497 e. The fraction of sp³-hybridized carbons (Fsp3) is 0.300. The van der Waals surface area contributed by atoms with Crippen LogP contribution in [0.2, 0.25) is 0 Å². The smallest absolute Gasteiger partial charge is 0.226 e. The molecule has 3 heterocycles. The van der Waals surface area contributed by atoms with Crippen molar-refractivity contribution in [3.05, 3.63) is 66.3 Å². The van der Waals surface area contributed by atoms with Gasteiger partial charge < -0.3 is 14.5 Å². The van der Waals surface area contributed by atoms with Crippen LogP contribution in [0.3, 0.4) is 0 Å². The van der Waals surface area contributed by atoms with Crippen LogP contribution < -0.4 is 10.1 Å². The van der Waals surface area contributed by atoms with E-state index in [2.05, 4.69) is 26.3 Å². The van der Waals surface area contributed by atoms with E-state index in [0.717, 1.165) is 43.2 Å². The molecule has 0 aliphatic carbocycles. The van der Waals surface area contributed by atoms with E-state index in [9.17, 15) is 0 Å². The summed E-state index contributed by atoms with van der Waals surface area (Å²) in [5.74, 6) is 1.45. The van der Waals surface area contributed by atoms with Gasteiger partial charge in [-0.1, -0.05) is 6.07 Å². The molecule has 134 valence electrons. The zero-order valence-electron chi connectivity index (χ0n) is 14.8. The lowest BCUT2D eigenvalue weighted by Crippen LogP contribution is -2.45. The Kier molecular flexibility index (Phi) is 4.95. The number of rotatable bonds is 5. The Balaban J connectivity index is 1.50. The van der Waals surface area contributed by atoms with E-state index in [1.807, 2.05) is 42.7 Å². The van der Waals surface area contributed by atoms with Crippen molar-refractivity contribution in [2.45, 2.75) is 12.6 Å². The Hall–Kier alpha value is -2.70. The van der Waals surface area contributed by atoms with Crippen molar-refractivity contribution in [1.82, 2.24) is 20.2 Å². The molecule has 0 amide bonds. The van der Waals surface area contributed by atoms with Gasteiger partial charge in [-0.3, -0.25) is 9.88 Å². The lowest BCUT2D eigenvalue weighted by molar-refractivity contribution is 0.151. The normalized spacial score (nSPS) is 18.0. The lowest BCUT2D eigenvalue weighted by Gasteiger charge is -2.35. The van der Waals surface area contributed by atoms with Crippen LogP contribution in [-0.2, 0) is 6.54 Å². The van der Waals surface area contributed by atoms with E-state index >= 15 is 0 Å². The topological polar surface area (TPSA) is 63.4 Å². The molecule has 1 aliphatic heterocycles. The van der Waals surface area contributed by atoms with Gasteiger partial charge in [-0.2, -0.15) is 0 Å². The Morgan fingerprint density at radius 3 is 2.92 bits per heavy atom. The highest BCUT2D eigenvalue weighted by atomic mass is 16.5. The Morgan fingerprint density at radius 1 is 1.27 bits per heavy atom. The molecule has 1 fully saturated rings. The van der Waals surface area contributed by atoms with E-state index in [4.69, 9.17) is 9.15 Å². The van der Waals surface area contributed by atoms with Gasteiger partial charge in [-0.25, -0.2) is 4.98 Å². The minimum Gasteiger partial charge on any atom is -0.497 e. The first-order valence-electron chi connectivity index (χ1n) is 8.77. The minimum absolute atomic E-state index is 0.290. The maximum absolute atomic E-state index is 5.70. The molecule has 1 unspecified atom stereocenters. The predicted octanol–water partition coefficient (Wildman–Crippen LogP) is 2.89. The van der Waals surface area contributed by atoms with E-state index in [1.54, 1.807) is 13.4 Å². The average molecular weight is 350 g/mol. The molecule has 1 saturated heterocycles. The number of hydrogen-bond acceptors (Lipinski definition) is 6. The van der Waals surface area contributed by atoms with Gasteiger partial charge in [0.1, 0.15) is 12.0 Å². The van der Waals surface area contributed by atoms with Crippen molar-refractivity contribution >= 4 is 0 Å². The van der Waals surface area contributed by atoms with E-state index in [0.29, 0.717) is 11.9 Å². The second kappa shape index (κ2) is 7.68. The molecule has 0 spiro atoms. The number of oxazole rings is 1. The summed E-state index contributed by atoms with van der Waals surface area (Å²) in [7, 11) is 1.66. The first kappa shape index (κ1) is 16.8. The van der Waals surface area contributed by atoms with Crippen LogP contribution in [-0.4, -0.2) is 41.6 Å². The van der Waals surface area contributed by atoms with Crippen LogP contribution in [0.5, 0.6) is 5.75 Å². The molecule has 1 N–H and O–H groups in total. The summed E-state index contributed by atoms with van der Waals surface area (Å²) in [6, 6.07) is 12.1. The molecule has 1 aromatic carbocycles. The molecular weight excluding hydrogens is 328 g/mol. The van der Waals surface area contributed by atoms with Gasteiger partial charge in [0.25, 0.3) is 0 Å². The molecule has 4 rings (SSSR count). The summed E-state index contributed by atoms with van der Waals surface area (Å²) >= 11 is 0. The van der Waals surface area contributed by atoms with Gasteiger partial charge in [0, 0.05) is 50.2 Å². The van der Waals surface area contributed by atoms with Gasteiger partial charge in [0.05, 0.1) is 12.8 Å². The van der Waals surface area contributed by atoms with E-state index in [1.165, 1.54) is 5.56 Å². The highest BCUT2D eigenvalue weighted by Crippen LogP contribution is 2.25. The fourth-order valence-corrected chi connectivity index (χ4v) is 3.29. The molecule has 6 nitrogen and oxygen atoms in total. The summed E-state index contributed by atoms with van der Waals surface area (Å²) in [6.07, 6.45) is 5.50. The average Bonchev–Trinajstić information content (AvgIpc) is 3.18. The quantitative estimate of drug-likeness (QED) is 0.763. The molecule has 1 atom stereocenters. The Morgan fingerprint density at radius 2 is 2.15 bits per heavy atom. The predicted molar refractivity (Wildman–Crippen MR) is 98.7 cm³/mol. The molecule has 0 saturated carbocycles. The number of nitrogens with one attached hydrogen (secondary N) is 1. The van der Waals surface area contributed by atoms with Crippen molar-refractivity contribution in [2.24, 2.45) is 0 Å². The number of nitrogens with zero attached hydrogens (tertiary/aromatic N) is 3. The van der Waals surface area contributed by atoms with Gasteiger partial charge in [0.15, 0.2) is 0 Å². The van der Waals surface area contributed by atoms with E-state index in [-0.39, 0.29) is 0 Å². The second-order valence-electron chi connectivity index (χ2n) is 6.35. The number of benzene rings is 1. The molecule has 0 bridgehead atoms. The van der Waals surface area contributed by atoms with Gasteiger partial charge >= 0.3 is 0 Å². The van der Waals surface area contributed by atoms with Crippen LogP contribution in [0.4, 0.5) is 0 Å². The molecule has 6 heteroatoms. The monoisotopic (exact) mass is 350 g/mol. The fourth-order valence-electron chi connectivity index (χ4n) is 3.29. The van der Waals surface area contributed by atoms with Crippen LogP contribution in [0.25, 0.3) is 11.5 Å². The standard InChI is InChI=1S/C20H22N4O2/c1-25-18-6-4-15(5-7-18)20-23-17(14-26-20)13-24-10-9-22-12-19(24)16-3-2-8-21-11-16/h2-8,11,14,19,22H,9-10,12-13H2,1H3. The number of aromatic nitrogens is 2.